The molecule has 0 bridgehead atoms. The van der Waals surface area contributed by atoms with Crippen LogP contribution in [0.25, 0.3) is 0 Å². The second-order valence-electron chi connectivity index (χ2n) is 5.63. The van der Waals surface area contributed by atoms with Crippen molar-refractivity contribution in [3.63, 3.8) is 0 Å². The third kappa shape index (κ3) is 2.61. The molecule has 0 spiro atoms. The van der Waals surface area contributed by atoms with Gasteiger partial charge in [0.25, 0.3) is 0 Å². The number of ether oxygens (including phenoxy) is 1. The van der Waals surface area contributed by atoms with Crippen LogP contribution < -0.4 is 11.5 Å². The molecule has 2 rings (SSSR count). The molecule has 17 heavy (non-hydrogen) atoms. The first kappa shape index (κ1) is 12.8. The maximum Gasteiger partial charge on any atom is 0.237 e. The Kier molecular flexibility index (Phi) is 3.43. The zero-order valence-electron chi connectivity index (χ0n) is 10.7. The molecule has 1 saturated carbocycles. The van der Waals surface area contributed by atoms with Crippen LogP contribution in [0.2, 0.25) is 0 Å². The van der Waals surface area contributed by atoms with Crippen molar-refractivity contribution in [1.29, 1.82) is 0 Å². The maximum atomic E-state index is 11.3. The van der Waals surface area contributed by atoms with E-state index in [-0.39, 0.29) is 18.1 Å². The molecule has 98 valence electrons. The van der Waals surface area contributed by atoms with Crippen LogP contribution in [0, 0.1) is 0 Å². The summed E-state index contributed by atoms with van der Waals surface area (Å²) in [6, 6.07) is 0.376. The minimum Gasteiger partial charge on any atom is -0.373 e. The Hall–Kier alpha value is -0.650. The molecule has 1 amide bonds. The van der Waals surface area contributed by atoms with Gasteiger partial charge in [-0.3, -0.25) is 9.69 Å². The van der Waals surface area contributed by atoms with E-state index in [4.69, 9.17) is 16.2 Å². The molecule has 1 saturated heterocycles. The number of hydrogen-bond acceptors (Lipinski definition) is 4. The Morgan fingerprint density at radius 3 is 2.41 bits per heavy atom. The van der Waals surface area contributed by atoms with E-state index in [0.29, 0.717) is 18.9 Å². The fourth-order valence-corrected chi connectivity index (χ4v) is 3.10. The van der Waals surface area contributed by atoms with Gasteiger partial charge >= 0.3 is 0 Å². The van der Waals surface area contributed by atoms with E-state index in [2.05, 4.69) is 18.7 Å². The average Bonchev–Trinajstić information content (AvgIpc) is 2.61. The van der Waals surface area contributed by atoms with Gasteiger partial charge in [0.05, 0.1) is 17.7 Å². The van der Waals surface area contributed by atoms with Crippen molar-refractivity contribution >= 4 is 5.91 Å². The van der Waals surface area contributed by atoms with Crippen LogP contribution in [-0.4, -0.2) is 47.7 Å². The maximum absolute atomic E-state index is 11.3. The number of rotatable bonds is 2. The molecule has 0 aromatic rings. The lowest BCUT2D eigenvalue weighted by atomic mass is 9.98. The van der Waals surface area contributed by atoms with E-state index in [0.717, 1.165) is 19.5 Å². The first-order chi connectivity index (χ1) is 7.90. The summed E-state index contributed by atoms with van der Waals surface area (Å²) in [5.74, 6) is -0.366. The van der Waals surface area contributed by atoms with E-state index >= 15 is 0 Å². The summed E-state index contributed by atoms with van der Waals surface area (Å²) >= 11 is 0. The van der Waals surface area contributed by atoms with Gasteiger partial charge < -0.3 is 16.2 Å². The van der Waals surface area contributed by atoms with Crippen LogP contribution >= 0.6 is 0 Å². The highest BCUT2D eigenvalue weighted by Gasteiger charge is 2.43. The molecular formula is C12H23N3O2. The summed E-state index contributed by atoms with van der Waals surface area (Å²) in [4.78, 5) is 13.7. The predicted octanol–water partition coefficient (Wildman–Crippen LogP) is -0.169. The summed E-state index contributed by atoms with van der Waals surface area (Å²) < 4.78 is 5.71. The Balaban J connectivity index is 1.98. The Morgan fingerprint density at radius 1 is 1.35 bits per heavy atom. The topological polar surface area (TPSA) is 81.6 Å². The van der Waals surface area contributed by atoms with Crippen molar-refractivity contribution in [3.8, 4) is 0 Å². The number of carbonyl (C=O) groups is 1. The number of nitrogens with zero attached hydrogens (tertiary/aromatic N) is 1. The van der Waals surface area contributed by atoms with Crippen LogP contribution in [-0.2, 0) is 9.53 Å². The molecule has 4 N–H and O–H groups in total. The number of hydrogen-bond donors (Lipinski definition) is 2. The Labute approximate surface area is 102 Å². The SMILES string of the molecule is CC1CN(C2CCC(N)(C(N)=O)C2)CC(C)O1. The molecule has 5 nitrogen and oxygen atoms in total. The first-order valence-corrected chi connectivity index (χ1v) is 6.39. The minimum absolute atomic E-state index is 0.250. The highest BCUT2D eigenvalue weighted by molar-refractivity contribution is 5.84. The highest BCUT2D eigenvalue weighted by atomic mass is 16.5. The highest BCUT2D eigenvalue weighted by Crippen LogP contribution is 2.32. The molecule has 1 aliphatic heterocycles. The molecule has 2 aliphatic rings. The average molecular weight is 241 g/mol. The Bertz CT molecular complexity index is 300. The molecule has 0 aromatic carbocycles. The zero-order chi connectivity index (χ0) is 12.6. The van der Waals surface area contributed by atoms with E-state index < -0.39 is 5.54 Å². The number of nitrogens with two attached hydrogens (primary N) is 2. The van der Waals surface area contributed by atoms with Crippen molar-refractivity contribution in [2.45, 2.75) is 56.9 Å². The second-order valence-corrected chi connectivity index (χ2v) is 5.63. The number of amides is 1. The van der Waals surface area contributed by atoms with Gasteiger partial charge in [-0.2, -0.15) is 0 Å². The predicted molar refractivity (Wildman–Crippen MR) is 65.3 cm³/mol. The molecular weight excluding hydrogens is 218 g/mol. The molecule has 0 radical (unpaired) electrons. The zero-order valence-corrected chi connectivity index (χ0v) is 10.7. The van der Waals surface area contributed by atoms with Crippen LogP contribution in [0.4, 0.5) is 0 Å². The first-order valence-electron chi connectivity index (χ1n) is 6.39. The summed E-state index contributed by atoms with van der Waals surface area (Å²) in [7, 11) is 0. The standard InChI is InChI=1S/C12H23N3O2/c1-8-6-15(7-9(2)17-8)10-3-4-12(14,5-10)11(13)16/h8-10H,3-7,14H2,1-2H3,(H2,13,16). The van der Waals surface area contributed by atoms with E-state index in [9.17, 15) is 4.79 Å². The van der Waals surface area contributed by atoms with Gasteiger partial charge in [-0.25, -0.2) is 0 Å². The van der Waals surface area contributed by atoms with Crippen molar-refractivity contribution in [3.05, 3.63) is 0 Å². The van der Waals surface area contributed by atoms with E-state index in [1.165, 1.54) is 0 Å². The molecule has 4 unspecified atom stereocenters. The third-order valence-corrected chi connectivity index (χ3v) is 3.98. The third-order valence-electron chi connectivity index (χ3n) is 3.98. The van der Waals surface area contributed by atoms with Crippen molar-refractivity contribution in [2.24, 2.45) is 11.5 Å². The van der Waals surface area contributed by atoms with Crippen LogP contribution in [0.1, 0.15) is 33.1 Å². The molecule has 2 fully saturated rings. The lowest BCUT2D eigenvalue weighted by Crippen LogP contribution is -2.53. The normalized spacial score (nSPS) is 43.8. The van der Waals surface area contributed by atoms with Gasteiger partial charge in [0, 0.05) is 19.1 Å². The van der Waals surface area contributed by atoms with E-state index in [1.54, 1.807) is 0 Å². The molecule has 1 aliphatic carbocycles. The van der Waals surface area contributed by atoms with Gasteiger partial charge in [-0.05, 0) is 33.1 Å². The molecule has 4 atom stereocenters. The fraction of sp³-hybridized carbons (Fsp3) is 0.917. The molecule has 5 heteroatoms. The van der Waals surface area contributed by atoms with Crippen LogP contribution in [0.3, 0.4) is 0 Å². The summed E-state index contributed by atoms with van der Waals surface area (Å²) in [6.45, 7) is 6.01. The Morgan fingerprint density at radius 2 is 1.94 bits per heavy atom. The molecule has 0 aromatic heterocycles. The van der Waals surface area contributed by atoms with Crippen molar-refractivity contribution < 1.29 is 9.53 Å². The molecule has 1 heterocycles. The van der Waals surface area contributed by atoms with E-state index in [1.807, 2.05) is 0 Å². The fourth-order valence-electron chi connectivity index (χ4n) is 3.10. The van der Waals surface area contributed by atoms with Crippen molar-refractivity contribution in [2.75, 3.05) is 13.1 Å². The van der Waals surface area contributed by atoms with Gasteiger partial charge in [-0.15, -0.1) is 0 Å². The second kappa shape index (κ2) is 4.55. The quantitative estimate of drug-likeness (QED) is 0.703. The summed E-state index contributed by atoms with van der Waals surface area (Å²) in [5.41, 5.74) is 10.6. The van der Waals surface area contributed by atoms with Crippen LogP contribution in [0.5, 0.6) is 0 Å². The number of morpholine rings is 1. The van der Waals surface area contributed by atoms with Gasteiger partial charge in [0.15, 0.2) is 0 Å². The minimum atomic E-state index is -0.796. The van der Waals surface area contributed by atoms with Gasteiger partial charge in [0.1, 0.15) is 0 Å². The monoisotopic (exact) mass is 241 g/mol. The lowest BCUT2D eigenvalue weighted by molar-refractivity contribution is -0.123. The van der Waals surface area contributed by atoms with Gasteiger partial charge in [0.2, 0.25) is 5.91 Å². The van der Waals surface area contributed by atoms with Crippen molar-refractivity contribution in [1.82, 2.24) is 4.90 Å². The lowest BCUT2D eigenvalue weighted by Gasteiger charge is -2.39. The summed E-state index contributed by atoms with van der Waals surface area (Å²) in [6.07, 6.45) is 2.84. The van der Waals surface area contributed by atoms with Crippen LogP contribution in [0.15, 0.2) is 0 Å². The summed E-state index contributed by atoms with van der Waals surface area (Å²) in [5, 5.41) is 0. The van der Waals surface area contributed by atoms with Gasteiger partial charge in [-0.1, -0.05) is 0 Å². The number of carbonyl (C=O) groups excluding carboxylic acids is 1. The smallest absolute Gasteiger partial charge is 0.237 e. The largest absolute Gasteiger partial charge is 0.373 e. The number of primary amides is 1.